The minimum Gasteiger partial charge on any atom is -0.493 e. The summed E-state index contributed by atoms with van der Waals surface area (Å²) in [7, 11) is 3.03. The van der Waals surface area contributed by atoms with E-state index in [1.54, 1.807) is 36.4 Å². The van der Waals surface area contributed by atoms with E-state index in [1.165, 1.54) is 27.2 Å². The number of carbonyl (C=O) groups is 2. The molecule has 0 fully saturated rings. The largest absolute Gasteiger partial charge is 0.493 e. The number of hydrogen-bond donors (Lipinski definition) is 2. The van der Waals surface area contributed by atoms with E-state index in [1.807, 2.05) is 0 Å². The quantitative estimate of drug-likeness (QED) is 0.704. The first kappa shape index (κ1) is 20.6. The maximum atomic E-state index is 12.6. The monoisotopic (exact) mass is 408 g/mol. The van der Waals surface area contributed by atoms with Crippen molar-refractivity contribution in [1.82, 2.24) is 5.32 Å². The lowest BCUT2D eigenvalue weighted by Gasteiger charge is -2.12. The number of halogens is 2. The van der Waals surface area contributed by atoms with Crippen LogP contribution in [0.1, 0.15) is 12.5 Å². The van der Waals surface area contributed by atoms with Crippen molar-refractivity contribution in [1.29, 1.82) is 0 Å². The predicted molar refractivity (Wildman–Crippen MR) is 106 cm³/mol. The number of amides is 2. The van der Waals surface area contributed by atoms with Crippen molar-refractivity contribution in [3.63, 3.8) is 0 Å². The van der Waals surface area contributed by atoms with Crippen molar-refractivity contribution >= 4 is 46.8 Å². The summed E-state index contributed by atoms with van der Waals surface area (Å²) in [6, 6.07) is 9.96. The number of nitrogens with one attached hydrogen (secondary N) is 2. The highest BCUT2D eigenvalue weighted by Crippen LogP contribution is 2.30. The van der Waals surface area contributed by atoms with Crippen LogP contribution < -0.4 is 20.1 Å². The second-order valence-electron chi connectivity index (χ2n) is 5.41. The van der Waals surface area contributed by atoms with Crippen LogP contribution in [0, 0.1) is 0 Å². The van der Waals surface area contributed by atoms with Gasteiger partial charge in [-0.15, -0.1) is 0 Å². The van der Waals surface area contributed by atoms with Crippen molar-refractivity contribution in [2.75, 3.05) is 19.5 Å². The molecule has 2 amide bonds. The summed E-state index contributed by atoms with van der Waals surface area (Å²) in [5.41, 5.74) is 0.993. The summed E-state index contributed by atoms with van der Waals surface area (Å²) in [5.74, 6) is 0.0934. The van der Waals surface area contributed by atoms with Gasteiger partial charge in [-0.05, 0) is 35.9 Å². The number of rotatable bonds is 6. The molecule has 2 N–H and O–H groups in total. The van der Waals surface area contributed by atoms with E-state index in [2.05, 4.69) is 10.6 Å². The average molecular weight is 409 g/mol. The van der Waals surface area contributed by atoms with Gasteiger partial charge in [-0.3, -0.25) is 9.59 Å². The van der Waals surface area contributed by atoms with E-state index in [-0.39, 0.29) is 10.7 Å². The molecule has 6 nitrogen and oxygen atoms in total. The number of ether oxygens (including phenoxy) is 2. The van der Waals surface area contributed by atoms with E-state index in [4.69, 9.17) is 32.7 Å². The topological polar surface area (TPSA) is 76.7 Å². The Bertz CT molecular complexity index is 897. The van der Waals surface area contributed by atoms with Crippen LogP contribution in [-0.2, 0) is 9.59 Å². The molecule has 0 aliphatic carbocycles. The lowest BCUT2D eigenvalue weighted by Crippen LogP contribution is -2.29. The molecule has 2 aromatic carbocycles. The van der Waals surface area contributed by atoms with Gasteiger partial charge in [0.15, 0.2) is 11.5 Å². The Labute approximate surface area is 167 Å². The maximum Gasteiger partial charge on any atom is 0.272 e. The highest BCUT2D eigenvalue weighted by Gasteiger charge is 2.15. The van der Waals surface area contributed by atoms with E-state index < -0.39 is 11.8 Å². The van der Waals surface area contributed by atoms with E-state index in [0.717, 1.165) is 0 Å². The zero-order chi connectivity index (χ0) is 20.0. The molecule has 0 aromatic heterocycles. The minimum atomic E-state index is -0.552. The summed E-state index contributed by atoms with van der Waals surface area (Å²) in [5, 5.41) is 5.66. The van der Waals surface area contributed by atoms with Crippen molar-refractivity contribution in [2.24, 2.45) is 0 Å². The Kier molecular flexibility index (Phi) is 7.10. The number of hydrogen-bond acceptors (Lipinski definition) is 4. The second-order valence-corrected chi connectivity index (χ2v) is 6.19. The van der Waals surface area contributed by atoms with Crippen LogP contribution in [0.5, 0.6) is 11.5 Å². The zero-order valence-corrected chi connectivity index (χ0v) is 16.4. The molecule has 0 aliphatic rings. The Morgan fingerprint density at radius 2 is 1.74 bits per heavy atom. The molecule has 142 valence electrons. The van der Waals surface area contributed by atoms with E-state index in [9.17, 15) is 9.59 Å². The Morgan fingerprint density at radius 3 is 2.37 bits per heavy atom. The van der Waals surface area contributed by atoms with Gasteiger partial charge in [0, 0.05) is 6.92 Å². The van der Waals surface area contributed by atoms with Crippen molar-refractivity contribution in [2.45, 2.75) is 6.92 Å². The van der Waals surface area contributed by atoms with Crippen LogP contribution in [0.15, 0.2) is 42.1 Å². The van der Waals surface area contributed by atoms with Gasteiger partial charge in [0.2, 0.25) is 5.91 Å². The minimum absolute atomic E-state index is 0.0331. The Hall–Kier alpha value is -2.70. The summed E-state index contributed by atoms with van der Waals surface area (Å²) < 4.78 is 10.4. The highest BCUT2D eigenvalue weighted by atomic mass is 35.5. The average Bonchev–Trinajstić information content (AvgIpc) is 2.64. The van der Waals surface area contributed by atoms with Crippen LogP contribution >= 0.6 is 23.2 Å². The molecule has 0 aliphatic heterocycles. The van der Waals surface area contributed by atoms with Crippen molar-refractivity contribution < 1.29 is 19.1 Å². The molecule has 0 heterocycles. The first-order valence-corrected chi connectivity index (χ1v) is 8.58. The number of methoxy groups -OCH3 is 2. The molecule has 0 bridgehead atoms. The van der Waals surface area contributed by atoms with Crippen LogP contribution in [0.25, 0.3) is 6.08 Å². The van der Waals surface area contributed by atoms with Crippen molar-refractivity contribution in [3.05, 3.63) is 57.7 Å². The van der Waals surface area contributed by atoms with Gasteiger partial charge in [-0.2, -0.15) is 0 Å². The number of carbonyl (C=O) groups excluding carboxylic acids is 2. The molecule has 2 aromatic rings. The highest BCUT2D eigenvalue weighted by molar-refractivity contribution is 6.44. The summed E-state index contributed by atoms with van der Waals surface area (Å²) in [6.07, 6.45) is 1.51. The van der Waals surface area contributed by atoms with Crippen LogP contribution in [0.4, 0.5) is 5.69 Å². The smallest absolute Gasteiger partial charge is 0.272 e. The second kappa shape index (κ2) is 9.30. The van der Waals surface area contributed by atoms with Crippen LogP contribution in [-0.4, -0.2) is 26.0 Å². The normalized spacial score (nSPS) is 10.9. The first-order valence-electron chi connectivity index (χ1n) is 7.82. The van der Waals surface area contributed by atoms with E-state index in [0.29, 0.717) is 27.8 Å². The Balaban J connectivity index is 2.36. The fourth-order valence-electron chi connectivity index (χ4n) is 2.25. The number of benzene rings is 2. The third kappa shape index (κ3) is 5.39. The molecular formula is C19H18Cl2N2O4. The molecule has 0 saturated heterocycles. The zero-order valence-electron chi connectivity index (χ0n) is 14.9. The van der Waals surface area contributed by atoms with Gasteiger partial charge in [0.25, 0.3) is 5.91 Å². The van der Waals surface area contributed by atoms with Crippen molar-refractivity contribution in [3.8, 4) is 11.5 Å². The molecule has 0 spiro atoms. The first-order chi connectivity index (χ1) is 12.8. The standard InChI is InChI=1S/C19H18Cl2N2O4/c1-11(24)22-15(9-12-7-8-16(26-2)17(10-12)27-3)19(25)23-14-6-4-5-13(20)18(14)21/h4-10H,1-3H3,(H,22,24)(H,23,25). The van der Waals surface area contributed by atoms with Crippen LogP contribution in [0.2, 0.25) is 10.0 Å². The Morgan fingerprint density at radius 1 is 1.04 bits per heavy atom. The van der Waals surface area contributed by atoms with Gasteiger partial charge in [0.05, 0.1) is 30.0 Å². The fraction of sp³-hybridized carbons (Fsp3) is 0.158. The molecule has 0 saturated carbocycles. The van der Waals surface area contributed by atoms with Gasteiger partial charge < -0.3 is 20.1 Å². The lowest BCUT2D eigenvalue weighted by molar-refractivity contribution is -0.120. The third-order valence-electron chi connectivity index (χ3n) is 3.47. The van der Waals surface area contributed by atoms with Crippen LogP contribution in [0.3, 0.4) is 0 Å². The predicted octanol–water partition coefficient (Wildman–Crippen LogP) is 4.13. The molecule has 2 rings (SSSR count). The van der Waals surface area contributed by atoms with Gasteiger partial charge in [-0.25, -0.2) is 0 Å². The maximum absolute atomic E-state index is 12.6. The SMILES string of the molecule is COc1ccc(C=C(NC(C)=O)C(=O)Nc2cccc(Cl)c2Cl)cc1OC. The molecule has 27 heavy (non-hydrogen) atoms. The van der Waals surface area contributed by atoms with Gasteiger partial charge in [-0.1, -0.05) is 35.3 Å². The third-order valence-corrected chi connectivity index (χ3v) is 4.29. The number of anilines is 1. The van der Waals surface area contributed by atoms with Gasteiger partial charge >= 0.3 is 0 Å². The summed E-state index contributed by atoms with van der Waals surface area (Å²) in [6.45, 7) is 1.31. The molecule has 0 radical (unpaired) electrons. The summed E-state index contributed by atoms with van der Waals surface area (Å²) >= 11 is 12.1. The molecule has 0 atom stereocenters. The fourth-order valence-corrected chi connectivity index (χ4v) is 2.60. The molecule has 0 unspecified atom stereocenters. The lowest BCUT2D eigenvalue weighted by atomic mass is 10.1. The summed E-state index contributed by atoms with van der Waals surface area (Å²) in [4.78, 5) is 24.2. The van der Waals surface area contributed by atoms with Gasteiger partial charge in [0.1, 0.15) is 5.70 Å². The van der Waals surface area contributed by atoms with E-state index >= 15 is 0 Å². The molecular weight excluding hydrogens is 391 g/mol. The molecule has 8 heteroatoms.